The minimum atomic E-state index is 0.421. The van der Waals surface area contributed by atoms with Crippen molar-refractivity contribution in [2.75, 3.05) is 5.32 Å². The third-order valence-electron chi connectivity index (χ3n) is 4.31. The minimum absolute atomic E-state index is 0.421. The van der Waals surface area contributed by atoms with E-state index in [0.29, 0.717) is 23.1 Å². The molecule has 2 nitrogen and oxygen atoms in total. The highest BCUT2D eigenvalue weighted by Gasteiger charge is 2.36. The molecular formula is C16H25NO. The maximum absolute atomic E-state index is 9.99. The van der Waals surface area contributed by atoms with Gasteiger partial charge in [-0.2, -0.15) is 0 Å². The van der Waals surface area contributed by atoms with Gasteiger partial charge < -0.3 is 10.4 Å². The smallest absolute Gasteiger partial charge is 0.123 e. The molecule has 100 valence electrons. The molecule has 1 saturated carbocycles. The van der Waals surface area contributed by atoms with Crippen molar-refractivity contribution in [2.45, 2.75) is 53.5 Å². The average Bonchev–Trinajstić information content (AvgIpc) is 2.53. The zero-order valence-corrected chi connectivity index (χ0v) is 12.2. The third kappa shape index (κ3) is 2.47. The second-order valence-electron chi connectivity index (χ2n) is 6.70. The molecule has 0 saturated heterocycles. The number of aryl methyl sites for hydroxylation is 1. The lowest BCUT2D eigenvalue weighted by atomic mass is 9.91. The highest BCUT2D eigenvalue weighted by atomic mass is 16.3. The van der Waals surface area contributed by atoms with Crippen LogP contribution in [0, 0.1) is 25.2 Å². The van der Waals surface area contributed by atoms with E-state index in [9.17, 15) is 5.11 Å². The zero-order chi connectivity index (χ0) is 13.5. The summed E-state index contributed by atoms with van der Waals surface area (Å²) in [7, 11) is 0. The molecule has 2 atom stereocenters. The first-order chi connectivity index (χ1) is 8.30. The Balaban J connectivity index is 2.18. The van der Waals surface area contributed by atoms with E-state index in [4.69, 9.17) is 0 Å². The van der Waals surface area contributed by atoms with Crippen LogP contribution in [0.25, 0.3) is 0 Å². The van der Waals surface area contributed by atoms with Crippen molar-refractivity contribution in [1.29, 1.82) is 0 Å². The van der Waals surface area contributed by atoms with Gasteiger partial charge in [0.15, 0.2) is 0 Å². The van der Waals surface area contributed by atoms with E-state index in [1.54, 1.807) is 0 Å². The van der Waals surface area contributed by atoms with Crippen LogP contribution in [0.5, 0.6) is 5.75 Å². The number of phenols is 1. The van der Waals surface area contributed by atoms with Crippen LogP contribution < -0.4 is 5.32 Å². The van der Waals surface area contributed by atoms with Crippen LogP contribution in [-0.2, 0) is 0 Å². The Labute approximate surface area is 110 Å². The predicted octanol–water partition coefficient (Wildman–Crippen LogP) is 4.25. The van der Waals surface area contributed by atoms with Gasteiger partial charge in [-0.05, 0) is 49.7 Å². The zero-order valence-electron chi connectivity index (χ0n) is 12.2. The summed E-state index contributed by atoms with van der Waals surface area (Å²) in [6.07, 6.45) is 2.46. The van der Waals surface area contributed by atoms with Crippen molar-refractivity contribution in [3.8, 4) is 5.75 Å². The number of anilines is 1. The Kier molecular flexibility index (Phi) is 3.31. The maximum atomic E-state index is 9.99. The van der Waals surface area contributed by atoms with E-state index < -0.39 is 0 Å². The van der Waals surface area contributed by atoms with Crippen molar-refractivity contribution in [1.82, 2.24) is 0 Å². The van der Waals surface area contributed by atoms with Crippen LogP contribution in [0.3, 0.4) is 0 Å². The van der Waals surface area contributed by atoms with E-state index in [0.717, 1.165) is 16.8 Å². The van der Waals surface area contributed by atoms with Gasteiger partial charge in [0.25, 0.3) is 0 Å². The fourth-order valence-corrected chi connectivity index (χ4v) is 3.28. The Morgan fingerprint density at radius 3 is 2.44 bits per heavy atom. The SMILES string of the molecule is Cc1ccc(NC2CC(C)(C)CC2C)c(C)c1O. The summed E-state index contributed by atoms with van der Waals surface area (Å²) < 4.78 is 0. The van der Waals surface area contributed by atoms with E-state index >= 15 is 0 Å². The van der Waals surface area contributed by atoms with Crippen LogP contribution in [0.1, 0.15) is 44.7 Å². The number of nitrogens with one attached hydrogen (secondary N) is 1. The molecule has 2 N–H and O–H groups in total. The summed E-state index contributed by atoms with van der Waals surface area (Å²) in [4.78, 5) is 0. The van der Waals surface area contributed by atoms with Gasteiger partial charge in [-0.3, -0.25) is 0 Å². The van der Waals surface area contributed by atoms with Crippen LogP contribution in [-0.4, -0.2) is 11.1 Å². The molecule has 0 amide bonds. The molecule has 1 aliphatic carbocycles. The van der Waals surface area contributed by atoms with Crippen LogP contribution in [0.2, 0.25) is 0 Å². The van der Waals surface area contributed by atoms with Gasteiger partial charge in [0.05, 0.1) is 0 Å². The average molecular weight is 247 g/mol. The van der Waals surface area contributed by atoms with Crippen LogP contribution in [0.15, 0.2) is 12.1 Å². The van der Waals surface area contributed by atoms with E-state index in [1.807, 2.05) is 19.9 Å². The lowest BCUT2D eigenvalue weighted by molar-refractivity contribution is 0.366. The molecule has 0 aliphatic heterocycles. The standard InChI is InChI=1S/C16H25NO/c1-10-6-7-13(12(3)15(10)18)17-14-9-16(4,5)8-11(14)2/h6-7,11,14,17-18H,8-9H2,1-5H3. The molecule has 0 aromatic heterocycles. The lowest BCUT2D eigenvalue weighted by Crippen LogP contribution is -2.23. The Hall–Kier alpha value is -1.18. The first-order valence-corrected chi connectivity index (χ1v) is 6.86. The Morgan fingerprint density at radius 2 is 1.89 bits per heavy atom. The Bertz CT molecular complexity index is 451. The van der Waals surface area contributed by atoms with E-state index in [2.05, 4.69) is 32.2 Å². The quantitative estimate of drug-likeness (QED) is 0.819. The molecule has 18 heavy (non-hydrogen) atoms. The van der Waals surface area contributed by atoms with Gasteiger partial charge in [-0.25, -0.2) is 0 Å². The summed E-state index contributed by atoms with van der Waals surface area (Å²) in [5, 5.41) is 13.6. The van der Waals surface area contributed by atoms with Crippen molar-refractivity contribution < 1.29 is 5.11 Å². The molecule has 0 spiro atoms. The number of hydrogen-bond acceptors (Lipinski definition) is 2. The summed E-state index contributed by atoms with van der Waals surface area (Å²) in [6, 6.07) is 4.58. The number of aromatic hydroxyl groups is 1. The molecule has 2 heteroatoms. The largest absolute Gasteiger partial charge is 0.507 e. The normalized spacial score (nSPS) is 26.3. The second-order valence-corrected chi connectivity index (χ2v) is 6.70. The fourth-order valence-electron chi connectivity index (χ4n) is 3.28. The van der Waals surface area contributed by atoms with Gasteiger partial charge in [0, 0.05) is 17.3 Å². The van der Waals surface area contributed by atoms with Gasteiger partial charge in [0.1, 0.15) is 5.75 Å². The molecule has 1 aromatic rings. The van der Waals surface area contributed by atoms with Gasteiger partial charge in [0.2, 0.25) is 0 Å². The summed E-state index contributed by atoms with van der Waals surface area (Å²) in [5.41, 5.74) is 3.41. The molecule has 1 fully saturated rings. The van der Waals surface area contributed by atoms with E-state index in [-0.39, 0.29) is 0 Å². The van der Waals surface area contributed by atoms with E-state index in [1.165, 1.54) is 12.8 Å². The molecule has 1 aromatic carbocycles. The number of rotatable bonds is 2. The van der Waals surface area contributed by atoms with Crippen molar-refractivity contribution in [3.05, 3.63) is 23.3 Å². The predicted molar refractivity (Wildman–Crippen MR) is 77.2 cm³/mol. The summed E-state index contributed by atoms with van der Waals surface area (Å²) in [6.45, 7) is 10.9. The minimum Gasteiger partial charge on any atom is -0.507 e. The van der Waals surface area contributed by atoms with Crippen LogP contribution >= 0.6 is 0 Å². The van der Waals surface area contributed by atoms with Crippen molar-refractivity contribution >= 4 is 5.69 Å². The highest BCUT2D eigenvalue weighted by molar-refractivity contribution is 5.59. The lowest BCUT2D eigenvalue weighted by Gasteiger charge is -2.22. The van der Waals surface area contributed by atoms with Gasteiger partial charge in [-0.15, -0.1) is 0 Å². The topological polar surface area (TPSA) is 32.3 Å². The third-order valence-corrected chi connectivity index (χ3v) is 4.31. The number of phenolic OH excluding ortho intramolecular Hbond substituents is 1. The molecule has 0 heterocycles. The number of hydrogen-bond donors (Lipinski definition) is 2. The van der Waals surface area contributed by atoms with Crippen LogP contribution in [0.4, 0.5) is 5.69 Å². The number of benzene rings is 1. The van der Waals surface area contributed by atoms with Crippen molar-refractivity contribution in [3.63, 3.8) is 0 Å². The monoisotopic (exact) mass is 247 g/mol. The summed E-state index contributed by atoms with van der Waals surface area (Å²) >= 11 is 0. The molecule has 1 aliphatic rings. The maximum Gasteiger partial charge on any atom is 0.123 e. The molecule has 2 unspecified atom stereocenters. The van der Waals surface area contributed by atoms with Gasteiger partial charge >= 0.3 is 0 Å². The molecular weight excluding hydrogens is 222 g/mol. The fraction of sp³-hybridized carbons (Fsp3) is 0.625. The Morgan fingerprint density at radius 1 is 1.22 bits per heavy atom. The molecule has 0 bridgehead atoms. The summed E-state index contributed by atoms with van der Waals surface area (Å²) in [5.74, 6) is 1.10. The van der Waals surface area contributed by atoms with Crippen molar-refractivity contribution in [2.24, 2.45) is 11.3 Å². The first kappa shape index (κ1) is 13.3. The molecule has 0 radical (unpaired) electrons. The highest BCUT2D eigenvalue weighted by Crippen LogP contribution is 2.42. The molecule has 2 rings (SSSR count). The second kappa shape index (κ2) is 4.49. The van der Waals surface area contributed by atoms with Gasteiger partial charge in [-0.1, -0.05) is 26.8 Å². The first-order valence-electron chi connectivity index (χ1n) is 6.86.